The van der Waals surface area contributed by atoms with Crippen LogP contribution >= 0.6 is 23.1 Å². The Kier molecular flexibility index (Phi) is 15.7. The van der Waals surface area contributed by atoms with E-state index < -0.39 is 93.7 Å². The number of β-lactam (4-membered cyclic amide) rings is 1. The SMILES string of the molecule is CON=C(C(=O)N[C@@H]1S[C@H]2CC(=O)N2C(C(=O)OC(c2ccccc2)c2ccccc2)=C1OC(N)=O)c1csc(NC(=O)OCC(C(=O)OC)(c2ccccc2)c2ccccc2NC(=O)OC(C)(C)C)n1. The molecule has 2 aliphatic rings. The molecule has 0 radical (unpaired) electrons. The highest BCUT2D eigenvalue weighted by atomic mass is 32.2. The van der Waals surface area contributed by atoms with E-state index in [9.17, 15) is 33.6 Å². The van der Waals surface area contributed by atoms with E-state index in [0.717, 1.165) is 28.0 Å². The van der Waals surface area contributed by atoms with E-state index in [0.29, 0.717) is 16.7 Å². The normalized spacial score (nSPS) is 16.3. The van der Waals surface area contributed by atoms with Crippen LogP contribution in [0.5, 0.6) is 0 Å². The molecular weight excluding hydrogens is 959 g/mol. The van der Waals surface area contributed by atoms with Crippen molar-refractivity contribution in [1.82, 2.24) is 15.2 Å². The average Bonchev–Trinajstić information content (AvgIpc) is 3.80. The highest BCUT2D eigenvalue weighted by Gasteiger charge is 2.52. The third-order valence-electron chi connectivity index (χ3n) is 10.6. The summed E-state index contributed by atoms with van der Waals surface area (Å²) in [7, 11) is 2.35. The van der Waals surface area contributed by atoms with Crippen LogP contribution in [-0.4, -0.2) is 94.8 Å². The minimum atomic E-state index is -1.84. The first-order chi connectivity index (χ1) is 34.0. The van der Waals surface area contributed by atoms with Gasteiger partial charge in [-0.15, -0.1) is 23.1 Å². The monoisotopic (exact) mass is 1010 g/mol. The molecule has 71 heavy (non-hydrogen) atoms. The molecule has 5 aromatic rings. The lowest BCUT2D eigenvalue weighted by Crippen LogP contribution is -2.58. The number of nitrogens with one attached hydrogen (secondary N) is 3. The van der Waals surface area contributed by atoms with E-state index in [-0.39, 0.29) is 28.5 Å². The summed E-state index contributed by atoms with van der Waals surface area (Å²) < 4.78 is 28.0. The number of aromatic nitrogens is 1. The molecule has 1 saturated heterocycles. The number of anilines is 2. The summed E-state index contributed by atoms with van der Waals surface area (Å²) in [5.41, 5.74) is 3.82. The summed E-state index contributed by atoms with van der Waals surface area (Å²) in [6.07, 6.45) is -4.20. The number of nitrogens with zero attached hydrogens (tertiary/aromatic N) is 3. The number of hydrogen-bond donors (Lipinski definition) is 4. The average molecular weight is 1010 g/mol. The third-order valence-corrected chi connectivity index (χ3v) is 12.7. The molecule has 0 aliphatic carbocycles. The quantitative estimate of drug-likeness (QED) is 0.0257. The van der Waals surface area contributed by atoms with Gasteiger partial charge in [0.25, 0.3) is 5.91 Å². The lowest BCUT2D eigenvalue weighted by atomic mass is 9.74. The minimum Gasteiger partial charge on any atom is -0.468 e. The molecule has 7 rings (SSSR count). The number of thioether (sulfide) groups is 1. The maximum absolute atomic E-state index is 14.3. The summed E-state index contributed by atoms with van der Waals surface area (Å²) in [4.78, 5) is 105. The Morgan fingerprint density at radius 3 is 2.06 bits per heavy atom. The fourth-order valence-electron chi connectivity index (χ4n) is 7.58. The van der Waals surface area contributed by atoms with Crippen molar-refractivity contribution in [3.05, 3.63) is 160 Å². The van der Waals surface area contributed by atoms with Crippen LogP contribution in [0, 0.1) is 0 Å². The first-order valence-corrected chi connectivity index (χ1v) is 23.4. The standard InChI is InChI=1S/C49H47N7O13S2/c1-48(2,3)69-47(63)52-32-24-16-15-23-31(32)49(43(60)64-4,30-21-13-8-14-22-30)27-66-46(62)54-45-51-33(26-70-45)36(55-65-5)40(58)53-41-39(68-44(50)61)37(56-34(57)25-35(56)71-41)42(59)67-38(28-17-9-6-10-18-28)29-19-11-7-12-20-29/h6-24,26,35,38,41H,25,27H2,1-5H3,(H2,50,61)(H,52,63)(H,53,58)(H,51,54,62)/t35-,41+,49?/m0/s1. The zero-order valence-corrected chi connectivity index (χ0v) is 40.4. The van der Waals surface area contributed by atoms with Crippen LogP contribution in [0.2, 0.25) is 0 Å². The molecule has 2 aliphatic heterocycles. The number of oxime groups is 1. The molecule has 4 aromatic carbocycles. The van der Waals surface area contributed by atoms with Crippen LogP contribution in [0.1, 0.15) is 61.2 Å². The van der Waals surface area contributed by atoms with E-state index in [1.807, 2.05) is 0 Å². The number of thiazole rings is 1. The molecule has 1 unspecified atom stereocenters. The van der Waals surface area contributed by atoms with Gasteiger partial charge in [0.2, 0.25) is 5.91 Å². The smallest absolute Gasteiger partial charge is 0.413 e. The number of amides is 5. The molecule has 20 nitrogen and oxygen atoms in total. The third kappa shape index (κ3) is 11.6. The number of nitrogens with two attached hydrogens (primary N) is 1. The Bertz CT molecular complexity index is 2840. The van der Waals surface area contributed by atoms with E-state index in [1.54, 1.807) is 136 Å². The van der Waals surface area contributed by atoms with E-state index >= 15 is 0 Å². The fourth-order valence-corrected chi connectivity index (χ4v) is 9.62. The van der Waals surface area contributed by atoms with Gasteiger partial charge in [0.15, 0.2) is 33.8 Å². The number of benzene rings is 4. The number of rotatable bonds is 16. The molecule has 0 bridgehead atoms. The van der Waals surface area contributed by atoms with Crippen molar-refractivity contribution in [2.75, 3.05) is 31.5 Å². The molecule has 1 fully saturated rings. The summed E-state index contributed by atoms with van der Waals surface area (Å²) in [5.74, 6) is -3.76. The Hall–Kier alpha value is -8.24. The zero-order chi connectivity index (χ0) is 50.9. The highest BCUT2D eigenvalue weighted by molar-refractivity contribution is 8.00. The predicted octanol–water partition coefficient (Wildman–Crippen LogP) is 6.94. The van der Waals surface area contributed by atoms with Crippen molar-refractivity contribution in [2.45, 2.75) is 55.1 Å². The number of carbonyl (C=O) groups is 7. The largest absolute Gasteiger partial charge is 0.468 e. The number of esters is 2. The summed E-state index contributed by atoms with van der Waals surface area (Å²) >= 11 is 1.85. The van der Waals surface area contributed by atoms with Crippen LogP contribution < -0.4 is 21.7 Å². The summed E-state index contributed by atoms with van der Waals surface area (Å²) in [6.45, 7) is 4.46. The van der Waals surface area contributed by atoms with Gasteiger partial charge in [0, 0.05) is 16.6 Å². The molecule has 3 atom stereocenters. The Morgan fingerprint density at radius 2 is 1.46 bits per heavy atom. The summed E-state index contributed by atoms with van der Waals surface area (Å²) in [5, 5.41) is 11.0. The molecule has 1 aromatic heterocycles. The van der Waals surface area contributed by atoms with Crippen LogP contribution in [-0.2, 0) is 53.1 Å². The number of methoxy groups -OCH3 is 1. The first kappa shape index (κ1) is 50.6. The number of primary amides is 1. The van der Waals surface area contributed by atoms with Crippen molar-refractivity contribution in [2.24, 2.45) is 10.9 Å². The maximum Gasteiger partial charge on any atom is 0.413 e. The van der Waals surface area contributed by atoms with E-state index in [1.165, 1.54) is 19.6 Å². The van der Waals surface area contributed by atoms with Gasteiger partial charge in [0.1, 0.15) is 30.4 Å². The van der Waals surface area contributed by atoms with Crippen LogP contribution in [0.15, 0.2) is 137 Å². The zero-order valence-electron chi connectivity index (χ0n) is 38.7. The van der Waals surface area contributed by atoms with Gasteiger partial charge in [-0.1, -0.05) is 114 Å². The number of ether oxygens (including phenoxy) is 5. The van der Waals surface area contributed by atoms with Crippen LogP contribution in [0.25, 0.3) is 0 Å². The van der Waals surface area contributed by atoms with Gasteiger partial charge in [-0.05, 0) is 43.5 Å². The van der Waals surface area contributed by atoms with Crippen molar-refractivity contribution in [3.8, 4) is 0 Å². The van der Waals surface area contributed by atoms with Crippen molar-refractivity contribution < 1.29 is 62.1 Å². The second-order valence-electron chi connectivity index (χ2n) is 16.4. The molecule has 0 spiro atoms. The van der Waals surface area contributed by atoms with Crippen molar-refractivity contribution in [1.29, 1.82) is 0 Å². The van der Waals surface area contributed by atoms with Gasteiger partial charge in [0.05, 0.1) is 18.9 Å². The lowest BCUT2D eigenvalue weighted by Gasteiger charge is -2.46. The van der Waals surface area contributed by atoms with Crippen LogP contribution in [0.3, 0.4) is 0 Å². The maximum atomic E-state index is 14.3. The number of para-hydroxylation sites is 1. The molecule has 0 saturated carbocycles. The first-order valence-electron chi connectivity index (χ1n) is 21.6. The summed E-state index contributed by atoms with van der Waals surface area (Å²) in [6, 6.07) is 32.5. The highest BCUT2D eigenvalue weighted by Crippen LogP contribution is 2.45. The van der Waals surface area contributed by atoms with Gasteiger partial charge in [-0.2, -0.15) is 0 Å². The topological polar surface area (TPSA) is 265 Å². The van der Waals surface area contributed by atoms with E-state index in [4.69, 9.17) is 34.3 Å². The second-order valence-corrected chi connectivity index (χ2v) is 18.6. The van der Waals surface area contributed by atoms with Gasteiger partial charge < -0.3 is 39.6 Å². The van der Waals surface area contributed by atoms with Gasteiger partial charge in [-0.3, -0.25) is 29.9 Å². The fraction of sp³-hybridized carbons (Fsp3) is 0.245. The lowest BCUT2D eigenvalue weighted by molar-refractivity contribution is -0.152. The Labute approximate surface area is 414 Å². The molecule has 368 valence electrons. The molecule has 3 heterocycles. The number of carbonyl (C=O) groups excluding carboxylic acids is 7. The predicted molar refractivity (Wildman–Crippen MR) is 259 cm³/mol. The molecular formula is C49H47N7O13S2. The number of hydrogen-bond acceptors (Lipinski definition) is 17. The Morgan fingerprint density at radius 1 is 0.845 bits per heavy atom. The van der Waals surface area contributed by atoms with Crippen molar-refractivity contribution >= 4 is 81.7 Å². The molecule has 22 heteroatoms. The second kappa shape index (κ2) is 22.0. The Balaban J connectivity index is 1.12. The number of fused-ring (bicyclic) bond motifs is 1. The van der Waals surface area contributed by atoms with Crippen LogP contribution in [0.4, 0.5) is 25.2 Å². The van der Waals surface area contributed by atoms with Gasteiger partial charge in [-0.25, -0.2) is 24.2 Å². The molecule has 5 N–H and O–H groups in total. The van der Waals surface area contributed by atoms with Crippen molar-refractivity contribution in [3.63, 3.8) is 0 Å². The molecule has 5 amide bonds. The van der Waals surface area contributed by atoms with Gasteiger partial charge >= 0.3 is 30.2 Å². The minimum absolute atomic E-state index is 0.0315. The van der Waals surface area contributed by atoms with E-state index in [2.05, 4.69) is 26.1 Å².